The van der Waals surface area contributed by atoms with Crippen molar-refractivity contribution < 1.29 is 9.59 Å². The molecule has 0 unspecified atom stereocenters. The van der Waals surface area contributed by atoms with Crippen LogP contribution < -0.4 is 0 Å². The Labute approximate surface area is 158 Å². The molecule has 1 fully saturated rings. The first kappa shape index (κ1) is 17.4. The second-order valence-corrected chi connectivity index (χ2v) is 7.25. The fourth-order valence-corrected chi connectivity index (χ4v) is 3.50. The largest absolute Gasteiger partial charge is 0.293 e. The zero-order valence-electron chi connectivity index (χ0n) is 12.1. The Morgan fingerprint density at radius 3 is 2.42 bits per heavy atom. The maximum atomic E-state index is 12.5. The number of imide groups is 1. The van der Waals surface area contributed by atoms with E-state index < -0.39 is 0 Å². The molecule has 3 nitrogen and oxygen atoms in total. The molecule has 0 spiro atoms. The van der Waals surface area contributed by atoms with Crippen molar-refractivity contribution in [2.24, 2.45) is 0 Å². The van der Waals surface area contributed by atoms with Gasteiger partial charge in [0.25, 0.3) is 11.1 Å². The molecule has 1 saturated heterocycles. The fourth-order valence-electron chi connectivity index (χ4n) is 2.18. The lowest BCUT2D eigenvalue weighted by molar-refractivity contribution is -0.123. The van der Waals surface area contributed by atoms with E-state index in [4.69, 9.17) is 34.8 Å². The van der Waals surface area contributed by atoms with E-state index in [1.807, 2.05) is 0 Å². The summed E-state index contributed by atoms with van der Waals surface area (Å²) in [4.78, 5) is 26.2. The SMILES string of the molecule is O=C1S/C(=C\c2cccc(Cl)c2Cl)C(=O)N1Cc1ccc(Cl)cc1. The zero-order chi connectivity index (χ0) is 17.3. The monoisotopic (exact) mass is 397 g/mol. The van der Waals surface area contributed by atoms with Gasteiger partial charge in [-0.1, -0.05) is 59.1 Å². The number of carbonyl (C=O) groups excluding carboxylic acids is 2. The fraction of sp³-hybridized carbons (Fsp3) is 0.0588. The molecular weight excluding hydrogens is 389 g/mol. The molecule has 1 aliphatic rings. The second kappa shape index (κ2) is 7.19. The quantitative estimate of drug-likeness (QED) is 0.606. The summed E-state index contributed by atoms with van der Waals surface area (Å²) in [6.45, 7) is 0.197. The van der Waals surface area contributed by atoms with Crippen LogP contribution in [0.1, 0.15) is 11.1 Å². The van der Waals surface area contributed by atoms with Crippen molar-refractivity contribution in [2.75, 3.05) is 0 Å². The van der Waals surface area contributed by atoms with Gasteiger partial charge in [0.05, 0.1) is 21.5 Å². The van der Waals surface area contributed by atoms with E-state index >= 15 is 0 Å². The minimum Gasteiger partial charge on any atom is -0.268 e. The third-order valence-corrected chi connectivity index (χ3v) is 5.39. The Morgan fingerprint density at radius 2 is 1.71 bits per heavy atom. The Balaban J connectivity index is 1.84. The number of hydrogen-bond acceptors (Lipinski definition) is 3. The topological polar surface area (TPSA) is 37.4 Å². The lowest BCUT2D eigenvalue weighted by atomic mass is 10.2. The summed E-state index contributed by atoms with van der Waals surface area (Å²) >= 11 is 18.8. The third kappa shape index (κ3) is 3.62. The first-order valence-electron chi connectivity index (χ1n) is 6.89. The van der Waals surface area contributed by atoms with Crippen LogP contribution in [0.15, 0.2) is 47.4 Å². The van der Waals surface area contributed by atoms with Crippen LogP contribution in [-0.2, 0) is 11.3 Å². The van der Waals surface area contributed by atoms with Crippen molar-refractivity contribution in [1.29, 1.82) is 0 Å². The van der Waals surface area contributed by atoms with E-state index in [1.165, 1.54) is 4.90 Å². The van der Waals surface area contributed by atoms with Crippen LogP contribution in [0.2, 0.25) is 15.1 Å². The van der Waals surface area contributed by atoms with Crippen LogP contribution in [0.5, 0.6) is 0 Å². The predicted molar refractivity (Wildman–Crippen MR) is 99.4 cm³/mol. The smallest absolute Gasteiger partial charge is 0.268 e. The third-order valence-electron chi connectivity index (χ3n) is 3.40. The number of thioether (sulfide) groups is 1. The summed E-state index contributed by atoms with van der Waals surface area (Å²) < 4.78 is 0. The van der Waals surface area contributed by atoms with E-state index in [1.54, 1.807) is 48.5 Å². The van der Waals surface area contributed by atoms with Gasteiger partial charge in [0.1, 0.15) is 0 Å². The molecule has 0 N–H and O–H groups in total. The van der Waals surface area contributed by atoms with Gasteiger partial charge in [-0.25, -0.2) is 0 Å². The number of amides is 2. The highest BCUT2D eigenvalue weighted by Gasteiger charge is 2.35. The van der Waals surface area contributed by atoms with Crippen molar-refractivity contribution >= 4 is 63.8 Å². The second-order valence-electron chi connectivity index (χ2n) is 5.04. The van der Waals surface area contributed by atoms with Crippen molar-refractivity contribution in [3.8, 4) is 0 Å². The van der Waals surface area contributed by atoms with Crippen LogP contribution in [0.4, 0.5) is 4.79 Å². The number of halogens is 3. The molecule has 0 saturated carbocycles. The van der Waals surface area contributed by atoms with E-state index in [0.29, 0.717) is 25.5 Å². The predicted octanol–water partition coefficient (Wildman–Crippen LogP) is 5.88. The minimum absolute atomic E-state index is 0.197. The van der Waals surface area contributed by atoms with Gasteiger partial charge in [0.15, 0.2) is 0 Å². The summed E-state index contributed by atoms with van der Waals surface area (Å²) in [5.74, 6) is -0.351. The van der Waals surface area contributed by atoms with Gasteiger partial charge in [0.2, 0.25) is 0 Å². The molecule has 2 aromatic rings. The molecule has 0 aromatic heterocycles. The average molecular weight is 399 g/mol. The lowest BCUT2D eigenvalue weighted by Crippen LogP contribution is -2.27. The average Bonchev–Trinajstić information content (AvgIpc) is 2.81. The number of benzene rings is 2. The first-order valence-corrected chi connectivity index (χ1v) is 8.84. The summed E-state index contributed by atoms with van der Waals surface area (Å²) in [5.41, 5.74) is 1.42. The van der Waals surface area contributed by atoms with E-state index in [9.17, 15) is 9.59 Å². The molecule has 24 heavy (non-hydrogen) atoms. The van der Waals surface area contributed by atoms with Gasteiger partial charge < -0.3 is 0 Å². The van der Waals surface area contributed by atoms with Gasteiger partial charge in [-0.05, 0) is 47.2 Å². The number of carbonyl (C=O) groups is 2. The van der Waals surface area contributed by atoms with Crippen LogP contribution in [0.25, 0.3) is 6.08 Å². The van der Waals surface area contributed by atoms with Crippen molar-refractivity contribution in [3.63, 3.8) is 0 Å². The molecule has 0 radical (unpaired) electrons. The minimum atomic E-state index is -0.351. The molecule has 122 valence electrons. The molecule has 7 heteroatoms. The normalized spacial score (nSPS) is 16.3. The standard InChI is InChI=1S/C17H10Cl3NO2S/c18-12-6-4-10(5-7-12)9-21-16(22)14(24-17(21)23)8-11-2-1-3-13(19)15(11)20/h1-8H,9H2/b14-8-. The molecule has 0 aliphatic carbocycles. The number of hydrogen-bond donors (Lipinski definition) is 0. The van der Waals surface area contributed by atoms with E-state index in [-0.39, 0.29) is 17.7 Å². The zero-order valence-corrected chi connectivity index (χ0v) is 15.2. The number of nitrogens with zero attached hydrogens (tertiary/aromatic N) is 1. The van der Waals surface area contributed by atoms with Crippen LogP contribution in [0.3, 0.4) is 0 Å². The lowest BCUT2D eigenvalue weighted by Gasteiger charge is -2.12. The Hall–Kier alpha value is -1.46. The molecule has 0 bridgehead atoms. The molecular formula is C17H10Cl3NO2S. The highest BCUT2D eigenvalue weighted by molar-refractivity contribution is 8.18. The highest BCUT2D eigenvalue weighted by atomic mass is 35.5. The maximum Gasteiger partial charge on any atom is 0.293 e. The highest BCUT2D eigenvalue weighted by Crippen LogP contribution is 2.35. The summed E-state index contributed by atoms with van der Waals surface area (Å²) in [6, 6.07) is 12.1. The van der Waals surface area contributed by atoms with Crippen molar-refractivity contribution in [1.82, 2.24) is 4.90 Å². The van der Waals surface area contributed by atoms with Crippen LogP contribution >= 0.6 is 46.6 Å². The van der Waals surface area contributed by atoms with Gasteiger partial charge in [-0.2, -0.15) is 0 Å². The van der Waals surface area contributed by atoms with Gasteiger partial charge in [0, 0.05) is 5.02 Å². The molecule has 2 aromatic carbocycles. The Kier molecular flexibility index (Phi) is 5.21. The maximum absolute atomic E-state index is 12.5. The summed E-state index contributed by atoms with van der Waals surface area (Å²) in [7, 11) is 0. The number of rotatable bonds is 3. The molecule has 0 atom stereocenters. The molecule has 1 aliphatic heterocycles. The van der Waals surface area contributed by atoms with Gasteiger partial charge in [-0.15, -0.1) is 0 Å². The Morgan fingerprint density at radius 1 is 1.00 bits per heavy atom. The van der Waals surface area contributed by atoms with Crippen molar-refractivity contribution in [3.05, 3.63) is 73.6 Å². The van der Waals surface area contributed by atoms with Crippen LogP contribution in [0, 0.1) is 0 Å². The van der Waals surface area contributed by atoms with Gasteiger partial charge >= 0.3 is 0 Å². The van der Waals surface area contributed by atoms with E-state index in [2.05, 4.69) is 0 Å². The van der Waals surface area contributed by atoms with E-state index in [0.717, 1.165) is 17.3 Å². The summed E-state index contributed by atoms with van der Waals surface area (Å²) in [5, 5.41) is 1.03. The summed E-state index contributed by atoms with van der Waals surface area (Å²) in [6.07, 6.45) is 1.58. The Bertz CT molecular complexity index is 849. The first-order chi connectivity index (χ1) is 11.5. The van der Waals surface area contributed by atoms with Crippen molar-refractivity contribution in [2.45, 2.75) is 6.54 Å². The molecule has 2 amide bonds. The van der Waals surface area contributed by atoms with Gasteiger partial charge in [-0.3, -0.25) is 14.5 Å². The van der Waals surface area contributed by atoms with Crippen LogP contribution in [-0.4, -0.2) is 16.0 Å². The molecule has 3 rings (SSSR count). The molecule has 1 heterocycles.